The van der Waals surface area contributed by atoms with Crippen molar-refractivity contribution in [1.29, 1.82) is 5.26 Å². The molecule has 0 heterocycles. The number of halogens is 1. The summed E-state index contributed by atoms with van der Waals surface area (Å²) in [5.41, 5.74) is 0.0843. The molecule has 1 aliphatic carbocycles. The Hall–Kier alpha value is -1.97. The van der Waals surface area contributed by atoms with E-state index in [0.29, 0.717) is 11.8 Å². The van der Waals surface area contributed by atoms with Gasteiger partial charge in [0.15, 0.2) is 9.84 Å². The van der Waals surface area contributed by atoms with Crippen LogP contribution in [0.4, 0.5) is 0 Å². The van der Waals surface area contributed by atoms with Crippen LogP contribution in [-0.2, 0) is 14.6 Å². The fraction of sp³-hybridized carbons (Fsp3) is 0.222. The highest BCUT2D eigenvalue weighted by molar-refractivity contribution is 9.10. The van der Waals surface area contributed by atoms with E-state index in [-0.39, 0.29) is 4.90 Å². The number of hydrogen-bond acceptors (Lipinski definition) is 4. The number of nitriles is 1. The van der Waals surface area contributed by atoms with E-state index < -0.39 is 26.4 Å². The second kappa shape index (κ2) is 5.83. The van der Waals surface area contributed by atoms with E-state index in [4.69, 9.17) is 0 Å². The molecule has 4 nitrogen and oxygen atoms in total. The van der Waals surface area contributed by atoms with Crippen LogP contribution in [-0.4, -0.2) is 20.0 Å². The molecule has 0 N–H and O–H groups in total. The first kappa shape index (κ1) is 16.9. The number of aldehydes is 1. The van der Waals surface area contributed by atoms with Gasteiger partial charge in [-0.15, -0.1) is 0 Å². The summed E-state index contributed by atoms with van der Waals surface area (Å²) in [7, 11) is -3.79. The van der Waals surface area contributed by atoms with Crippen molar-refractivity contribution >= 4 is 32.1 Å². The maximum atomic E-state index is 13.0. The lowest BCUT2D eigenvalue weighted by atomic mass is 10.0. The van der Waals surface area contributed by atoms with Crippen molar-refractivity contribution < 1.29 is 13.2 Å². The van der Waals surface area contributed by atoms with E-state index in [2.05, 4.69) is 15.9 Å². The lowest BCUT2D eigenvalue weighted by Gasteiger charge is -2.05. The van der Waals surface area contributed by atoms with E-state index in [1.807, 2.05) is 13.0 Å². The average Bonchev–Trinajstić information content (AvgIpc) is 3.26. The minimum Gasteiger partial charge on any atom is -0.302 e. The third-order valence-electron chi connectivity index (χ3n) is 4.48. The highest BCUT2D eigenvalue weighted by atomic mass is 79.9. The van der Waals surface area contributed by atoms with E-state index in [9.17, 15) is 18.5 Å². The SMILES string of the molecule is Cc1ccc(S(=O)(=O)[C@H]2[C@@H](c3ccc(Br)cc3)[C@]2(C#N)C=O)cc1. The number of sulfone groups is 1. The zero-order chi connectivity index (χ0) is 17.5. The van der Waals surface area contributed by atoms with Gasteiger partial charge in [0, 0.05) is 10.4 Å². The summed E-state index contributed by atoms with van der Waals surface area (Å²) < 4.78 is 26.8. The van der Waals surface area contributed by atoms with Gasteiger partial charge in [-0.1, -0.05) is 45.8 Å². The highest BCUT2D eigenvalue weighted by Gasteiger charge is 2.72. The Balaban J connectivity index is 2.08. The Morgan fingerprint density at radius 1 is 1.12 bits per heavy atom. The van der Waals surface area contributed by atoms with Crippen LogP contribution < -0.4 is 0 Å². The molecule has 0 radical (unpaired) electrons. The molecule has 6 heteroatoms. The van der Waals surface area contributed by atoms with Crippen molar-refractivity contribution in [2.24, 2.45) is 5.41 Å². The monoisotopic (exact) mass is 403 g/mol. The van der Waals surface area contributed by atoms with Gasteiger partial charge in [0.25, 0.3) is 0 Å². The van der Waals surface area contributed by atoms with Crippen molar-refractivity contribution in [2.75, 3.05) is 0 Å². The highest BCUT2D eigenvalue weighted by Crippen LogP contribution is 2.62. The van der Waals surface area contributed by atoms with Crippen molar-refractivity contribution in [3.63, 3.8) is 0 Å². The van der Waals surface area contributed by atoms with Gasteiger partial charge in [0.05, 0.1) is 11.0 Å². The van der Waals surface area contributed by atoms with E-state index in [0.717, 1.165) is 10.0 Å². The van der Waals surface area contributed by atoms with Crippen LogP contribution in [0.3, 0.4) is 0 Å². The molecule has 3 rings (SSSR count). The summed E-state index contributed by atoms with van der Waals surface area (Å²) in [6, 6.07) is 15.4. The van der Waals surface area contributed by atoms with Gasteiger partial charge in [-0.25, -0.2) is 8.42 Å². The number of rotatable bonds is 4. The zero-order valence-corrected chi connectivity index (χ0v) is 15.2. The molecule has 2 aromatic carbocycles. The molecule has 2 aromatic rings. The minimum atomic E-state index is -3.79. The topological polar surface area (TPSA) is 75.0 Å². The second-order valence-electron chi connectivity index (χ2n) is 5.97. The number of nitrogens with zero attached hydrogens (tertiary/aromatic N) is 1. The molecule has 0 bridgehead atoms. The number of hydrogen-bond donors (Lipinski definition) is 0. The van der Waals surface area contributed by atoms with Gasteiger partial charge in [0.2, 0.25) is 0 Å². The fourth-order valence-corrected chi connectivity index (χ4v) is 5.61. The summed E-state index contributed by atoms with van der Waals surface area (Å²) >= 11 is 3.32. The first-order valence-electron chi connectivity index (χ1n) is 7.30. The third-order valence-corrected chi connectivity index (χ3v) is 7.27. The van der Waals surface area contributed by atoms with Crippen molar-refractivity contribution in [3.8, 4) is 6.07 Å². The molecule has 3 atom stereocenters. The van der Waals surface area contributed by atoms with Crippen LogP contribution in [0.1, 0.15) is 17.0 Å². The predicted molar refractivity (Wildman–Crippen MR) is 93.1 cm³/mol. The van der Waals surface area contributed by atoms with Crippen molar-refractivity contribution in [1.82, 2.24) is 0 Å². The standard InChI is InChI=1S/C18H14BrNO3S/c1-12-2-8-15(9-3-12)24(22,23)17-16(18(17,10-20)11-21)13-4-6-14(19)7-5-13/h2-9,11,16-17H,1H3/t16-,17+,18+/m1/s1. The van der Waals surface area contributed by atoms with Crippen molar-refractivity contribution in [2.45, 2.75) is 23.0 Å². The fourth-order valence-electron chi connectivity index (χ4n) is 3.11. The molecule has 0 aromatic heterocycles. The quantitative estimate of drug-likeness (QED) is 0.732. The Kier molecular flexibility index (Phi) is 4.10. The van der Waals surface area contributed by atoms with Crippen LogP contribution >= 0.6 is 15.9 Å². The number of carbonyl (C=O) groups excluding carboxylic acids is 1. The van der Waals surface area contributed by atoms with Gasteiger partial charge in [-0.3, -0.25) is 0 Å². The molecule has 0 spiro atoms. The smallest absolute Gasteiger partial charge is 0.183 e. The second-order valence-corrected chi connectivity index (χ2v) is 8.96. The Bertz CT molecular complexity index is 930. The van der Waals surface area contributed by atoms with Crippen LogP contribution in [0.25, 0.3) is 0 Å². The lowest BCUT2D eigenvalue weighted by molar-refractivity contribution is -0.110. The first-order valence-corrected chi connectivity index (χ1v) is 9.64. The first-order chi connectivity index (χ1) is 11.4. The van der Waals surface area contributed by atoms with Crippen molar-refractivity contribution in [3.05, 3.63) is 64.1 Å². The Labute approximate surface area is 149 Å². The van der Waals surface area contributed by atoms with Crippen LogP contribution in [0.5, 0.6) is 0 Å². The molecule has 0 unspecified atom stereocenters. The van der Waals surface area contributed by atoms with E-state index >= 15 is 0 Å². The lowest BCUT2D eigenvalue weighted by Crippen LogP contribution is -2.16. The third kappa shape index (κ3) is 2.48. The molecule has 0 amide bonds. The number of benzene rings is 2. The number of aryl methyl sites for hydroxylation is 1. The summed E-state index contributed by atoms with van der Waals surface area (Å²) in [4.78, 5) is 11.8. The van der Waals surface area contributed by atoms with Crippen LogP contribution in [0.2, 0.25) is 0 Å². The van der Waals surface area contributed by atoms with E-state index in [1.54, 1.807) is 36.4 Å². The average molecular weight is 404 g/mol. The molecular weight excluding hydrogens is 390 g/mol. The summed E-state index contributed by atoms with van der Waals surface area (Å²) in [5, 5.41) is 8.45. The molecule has 24 heavy (non-hydrogen) atoms. The predicted octanol–water partition coefficient (Wildman–Crippen LogP) is 3.41. The molecule has 122 valence electrons. The molecule has 0 aliphatic heterocycles. The number of carbonyl (C=O) groups is 1. The van der Waals surface area contributed by atoms with Crippen LogP contribution in [0, 0.1) is 23.7 Å². The summed E-state index contributed by atoms with van der Waals surface area (Å²) in [5.74, 6) is -0.653. The van der Waals surface area contributed by atoms with Gasteiger partial charge in [0.1, 0.15) is 17.0 Å². The Morgan fingerprint density at radius 3 is 2.21 bits per heavy atom. The minimum absolute atomic E-state index is 0.138. The molecular formula is C18H14BrNO3S. The molecule has 1 fully saturated rings. The van der Waals surface area contributed by atoms with Gasteiger partial charge in [-0.2, -0.15) is 5.26 Å². The summed E-state index contributed by atoms with van der Waals surface area (Å²) in [6.07, 6.45) is 0.482. The van der Waals surface area contributed by atoms with Gasteiger partial charge >= 0.3 is 0 Å². The maximum absolute atomic E-state index is 13.0. The zero-order valence-electron chi connectivity index (χ0n) is 12.8. The largest absolute Gasteiger partial charge is 0.302 e. The molecule has 1 aliphatic rings. The van der Waals surface area contributed by atoms with Gasteiger partial charge in [-0.05, 0) is 36.8 Å². The van der Waals surface area contributed by atoms with Gasteiger partial charge < -0.3 is 4.79 Å². The summed E-state index contributed by atoms with van der Waals surface area (Å²) in [6.45, 7) is 1.86. The van der Waals surface area contributed by atoms with E-state index in [1.165, 1.54) is 12.1 Å². The van der Waals surface area contributed by atoms with Crippen LogP contribution in [0.15, 0.2) is 57.9 Å². The maximum Gasteiger partial charge on any atom is 0.183 e. The normalized spacial score (nSPS) is 25.7. The molecule has 1 saturated carbocycles. The molecule has 0 saturated heterocycles. The Morgan fingerprint density at radius 2 is 1.71 bits per heavy atom.